The maximum absolute atomic E-state index is 12.0. The van der Waals surface area contributed by atoms with E-state index in [1.165, 1.54) is 6.20 Å². The third-order valence-electron chi connectivity index (χ3n) is 3.42. The smallest absolute Gasteiger partial charge is 0.350 e. The van der Waals surface area contributed by atoms with E-state index in [4.69, 9.17) is 0 Å². The van der Waals surface area contributed by atoms with Crippen LogP contribution in [0.4, 0.5) is 0 Å². The van der Waals surface area contributed by atoms with Gasteiger partial charge in [0.15, 0.2) is 0 Å². The summed E-state index contributed by atoms with van der Waals surface area (Å²) in [5, 5.41) is 2.82. The van der Waals surface area contributed by atoms with Crippen LogP contribution in [0.2, 0.25) is 0 Å². The Balaban J connectivity index is 0.000000325. The first kappa shape index (κ1) is 19.9. The summed E-state index contributed by atoms with van der Waals surface area (Å²) in [5.41, 5.74) is 1.85. The topological polar surface area (TPSA) is 54.9 Å². The van der Waals surface area contributed by atoms with Crippen LogP contribution in [-0.4, -0.2) is 22.4 Å². The van der Waals surface area contributed by atoms with Crippen LogP contribution in [-0.2, 0) is 17.1 Å². The summed E-state index contributed by atoms with van der Waals surface area (Å²) in [6, 6.07) is 7.49. The Bertz CT molecular complexity index is 659. The second-order valence-corrected chi connectivity index (χ2v) is 5.18. The van der Waals surface area contributed by atoms with Crippen molar-refractivity contribution in [3.8, 4) is 0 Å². The molecule has 0 saturated heterocycles. The maximum atomic E-state index is 12.0. The van der Waals surface area contributed by atoms with Gasteiger partial charge in [-0.25, -0.2) is 4.98 Å². The molecule has 4 nitrogen and oxygen atoms in total. The zero-order valence-corrected chi connectivity index (χ0v) is 14.6. The van der Waals surface area contributed by atoms with Crippen LogP contribution in [0.1, 0.15) is 10.5 Å². The summed E-state index contributed by atoms with van der Waals surface area (Å²) in [7, 11) is 0. The Morgan fingerprint density at radius 3 is 2.12 bits per heavy atom. The van der Waals surface area contributed by atoms with Crippen LogP contribution in [0, 0.1) is 63.7 Å². The van der Waals surface area contributed by atoms with Crippen LogP contribution >= 0.6 is 0 Å². The molecule has 0 atom stereocenters. The molecule has 0 spiro atoms. The van der Waals surface area contributed by atoms with E-state index in [9.17, 15) is 4.79 Å². The molecule has 5 heteroatoms. The molecule has 2 fully saturated rings. The number of carbonyl (C=O) groups excluding carboxylic acids is 1. The Kier molecular flexibility index (Phi) is 8.36. The van der Waals surface area contributed by atoms with Crippen molar-refractivity contribution in [3.05, 3.63) is 99.9 Å². The van der Waals surface area contributed by atoms with E-state index in [2.05, 4.69) is 15.3 Å². The van der Waals surface area contributed by atoms with E-state index in [1.54, 1.807) is 0 Å². The van der Waals surface area contributed by atoms with Crippen LogP contribution in [0.15, 0.2) is 30.5 Å². The fourth-order valence-electron chi connectivity index (χ4n) is 2.19. The van der Waals surface area contributed by atoms with Gasteiger partial charge in [0.05, 0.1) is 17.2 Å². The predicted molar refractivity (Wildman–Crippen MR) is 93.8 cm³/mol. The number of nitrogens with one attached hydrogen (secondary N) is 1. The van der Waals surface area contributed by atoms with Crippen LogP contribution in [0.5, 0.6) is 0 Å². The van der Waals surface area contributed by atoms with Gasteiger partial charge >= 0.3 is 17.1 Å². The average molecular weight is 371 g/mol. The largest absolute Gasteiger partial charge is 2.00 e. The first-order valence-electron chi connectivity index (χ1n) is 7.70. The van der Waals surface area contributed by atoms with Gasteiger partial charge in [0.2, 0.25) is 0 Å². The number of para-hydroxylation sites is 2. The molecule has 2 aliphatic rings. The van der Waals surface area contributed by atoms with Crippen molar-refractivity contribution >= 4 is 16.9 Å². The van der Waals surface area contributed by atoms with Gasteiger partial charge in [-0.3, -0.25) is 9.78 Å². The standard InChI is InChI=1S/C15H12N3O.C5H5.Fe/c19-15(17-9-11-5-1-2-6-11)14-10-16-12-7-3-4-8-13(12)18-14;1-2-4-5-3-1;/h1-8,10H,9H2,(H,17,19);1-5H;/q;;+2. The molecule has 0 aliphatic heterocycles. The van der Waals surface area contributed by atoms with Crippen LogP contribution in [0.3, 0.4) is 0 Å². The van der Waals surface area contributed by atoms with Gasteiger partial charge in [-0.1, -0.05) is 12.1 Å². The summed E-state index contributed by atoms with van der Waals surface area (Å²) in [4.78, 5) is 20.5. The predicted octanol–water partition coefficient (Wildman–Crippen LogP) is 2.78. The number of hydrogen-bond donors (Lipinski definition) is 1. The van der Waals surface area contributed by atoms with Gasteiger partial charge < -0.3 is 5.32 Å². The number of amides is 1. The molecule has 0 unspecified atom stereocenters. The van der Waals surface area contributed by atoms with Crippen molar-refractivity contribution in [1.29, 1.82) is 0 Å². The minimum Gasteiger partial charge on any atom is -0.350 e. The second-order valence-electron chi connectivity index (χ2n) is 5.18. The van der Waals surface area contributed by atoms with E-state index < -0.39 is 0 Å². The normalized spacial score (nSPS) is 16.8. The van der Waals surface area contributed by atoms with Crippen molar-refractivity contribution in [2.24, 2.45) is 0 Å². The Labute approximate surface area is 160 Å². The van der Waals surface area contributed by atoms with Gasteiger partial charge in [0.25, 0.3) is 5.91 Å². The monoisotopic (exact) mass is 371 g/mol. The van der Waals surface area contributed by atoms with E-state index in [-0.39, 0.29) is 23.0 Å². The van der Waals surface area contributed by atoms with Crippen molar-refractivity contribution in [3.63, 3.8) is 0 Å². The minimum absolute atomic E-state index is 0. The number of aromatic nitrogens is 2. The third kappa shape index (κ3) is 6.09. The number of benzene rings is 1. The van der Waals surface area contributed by atoms with E-state index in [0.717, 1.165) is 17.0 Å². The molecule has 4 rings (SSSR count). The summed E-state index contributed by atoms with van der Waals surface area (Å²) < 4.78 is 0. The summed E-state index contributed by atoms with van der Waals surface area (Å²) in [6.45, 7) is 0.500. The average Bonchev–Trinajstić information content (AvgIpc) is 3.35. The van der Waals surface area contributed by atoms with E-state index >= 15 is 0 Å². The molecule has 10 radical (unpaired) electrons. The molecule has 1 N–H and O–H groups in total. The van der Waals surface area contributed by atoms with Gasteiger partial charge in [-0.2, -0.15) is 0 Å². The fourth-order valence-corrected chi connectivity index (χ4v) is 2.19. The maximum Gasteiger partial charge on any atom is 2.00 e. The van der Waals surface area contributed by atoms with Crippen molar-refractivity contribution in [1.82, 2.24) is 15.3 Å². The second kappa shape index (κ2) is 10.5. The molecule has 1 aromatic carbocycles. The summed E-state index contributed by atoms with van der Waals surface area (Å²) in [5.74, 6) is 0.863. The number of nitrogens with zero attached hydrogens (tertiary/aromatic N) is 2. The molecule has 2 saturated carbocycles. The van der Waals surface area contributed by atoms with Gasteiger partial charge in [0.1, 0.15) is 5.69 Å². The van der Waals surface area contributed by atoms with Crippen LogP contribution < -0.4 is 5.32 Å². The number of fused-ring (bicyclic) bond motifs is 1. The molecule has 2 aliphatic carbocycles. The number of rotatable bonds is 3. The Hall–Kier alpha value is -1.45. The van der Waals surface area contributed by atoms with E-state index in [1.807, 2.05) is 82.1 Å². The van der Waals surface area contributed by atoms with Crippen LogP contribution in [0.25, 0.3) is 11.0 Å². The van der Waals surface area contributed by atoms with E-state index in [0.29, 0.717) is 12.2 Å². The summed E-state index contributed by atoms with van der Waals surface area (Å²) in [6.07, 6.45) is 19.3. The third-order valence-corrected chi connectivity index (χ3v) is 3.42. The molecule has 1 aromatic heterocycles. The minimum atomic E-state index is -0.209. The zero-order chi connectivity index (χ0) is 16.6. The molecule has 0 bridgehead atoms. The molecule has 124 valence electrons. The molecule has 1 heterocycles. The van der Waals surface area contributed by atoms with Gasteiger partial charge in [-0.15, -0.1) is 0 Å². The fraction of sp³-hybridized carbons (Fsp3) is 0.0500. The zero-order valence-electron chi connectivity index (χ0n) is 13.4. The quantitative estimate of drug-likeness (QED) is 0.845. The van der Waals surface area contributed by atoms with Gasteiger partial charge in [0, 0.05) is 12.5 Å². The molecule has 2 aromatic rings. The molecular weight excluding hydrogens is 354 g/mol. The van der Waals surface area contributed by atoms with Crippen molar-refractivity contribution in [2.75, 3.05) is 6.54 Å². The number of hydrogen-bond acceptors (Lipinski definition) is 3. The first-order valence-corrected chi connectivity index (χ1v) is 7.70. The van der Waals surface area contributed by atoms with Crippen molar-refractivity contribution < 1.29 is 21.9 Å². The summed E-state index contributed by atoms with van der Waals surface area (Å²) >= 11 is 0. The molecule has 1 amide bonds. The molecule has 25 heavy (non-hydrogen) atoms. The SMILES string of the molecule is O=C(NC[C]1[CH][CH][CH][CH]1)c1cnc2ccccc2n1.[CH]1[CH][CH][CH][CH]1.[Fe+2]. The first-order chi connectivity index (χ1) is 11.8. The van der Waals surface area contributed by atoms with Gasteiger partial charge in [-0.05, 0) is 69.9 Å². The Morgan fingerprint density at radius 2 is 1.48 bits per heavy atom. The van der Waals surface area contributed by atoms with Crippen molar-refractivity contribution in [2.45, 2.75) is 0 Å². The Morgan fingerprint density at radius 1 is 0.880 bits per heavy atom. The number of carbonyl (C=O) groups is 1. The molecular formula is C20H17FeN3O+2.